The Labute approximate surface area is 130 Å². The molecule has 0 heterocycles. The first-order chi connectivity index (χ1) is 9.85. The lowest BCUT2D eigenvalue weighted by molar-refractivity contribution is 0.376. The van der Waals surface area contributed by atoms with Gasteiger partial charge >= 0.3 is 0 Å². The van der Waals surface area contributed by atoms with Gasteiger partial charge < -0.3 is 0 Å². The SMILES string of the molecule is CCCCCCCCCCCC(CCCC)CCCC. The predicted octanol–water partition coefficient (Wildman–Crippen LogP) is 7.90. The minimum atomic E-state index is 1.04. The summed E-state index contributed by atoms with van der Waals surface area (Å²) in [5.41, 5.74) is 0. The molecule has 0 nitrogen and oxygen atoms in total. The fraction of sp³-hybridized carbons (Fsp3) is 1.00. The van der Waals surface area contributed by atoms with Crippen LogP contribution >= 0.6 is 0 Å². The largest absolute Gasteiger partial charge is 0.0654 e. The van der Waals surface area contributed by atoms with Gasteiger partial charge in [0.05, 0.1) is 0 Å². The molecule has 0 aromatic carbocycles. The molecule has 0 amide bonds. The van der Waals surface area contributed by atoms with Crippen molar-refractivity contribution in [2.75, 3.05) is 0 Å². The number of rotatable bonds is 16. The molecule has 0 aromatic heterocycles. The lowest BCUT2D eigenvalue weighted by Crippen LogP contribution is -2.01. The van der Waals surface area contributed by atoms with Gasteiger partial charge in [-0.2, -0.15) is 0 Å². The minimum Gasteiger partial charge on any atom is -0.0654 e. The molecule has 0 atom stereocenters. The van der Waals surface area contributed by atoms with E-state index >= 15 is 0 Å². The van der Waals surface area contributed by atoms with Crippen LogP contribution in [0.2, 0.25) is 0 Å². The van der Waals surface area contributed by atoms with Crippen LogP contribution in [0.15, 0.2) is 0 Å². The van der Waals surface area contributed by atoms with E-state index in [0.717, 1.165) is 5.92 Å². The van der Waals surface area contributed by atoms with E-state index in [1.807, 2.05) is 0 Å². The van der Waals surface area contributed by atoms with Crippen LogP contribution in [0, 0.1) is 5.92 Å². The lowest BCUT2D eigenvalue weighted by Gasteiger charge is -2.16. The van der Waals surface area contributed by atoms with Crippen LogP contribution in [0.25, 0.3) is 0 Å². The molecular weight excluding hydrogens is 240 g/mol. The van der Waals surface area contributed by atoms with Gasteiger partial charge in [0, 0.05) is 0 Å². The molecule has 0 aliphatic heterocycles. The van der Waals surface area contributed by atoms with Crippen molar-refractivity contribution in [3.8, 4) is 0 Å². The second-order valence-electron chi connectivity index (χ2n) is 6.77. The van der Waals surface area contributed by atoms with Gasteiger partial charge in [-0.05, 0) is 5.92 Å². The molecule has 20 heavy (non-hydrogen) atoms. The van der Waals surface area contributed by atoms with Gasteiger partial charge in [-0.3, -0.25) is 0 Å². The summed E-state index contributed by atoms with van der Waals surface area (Å²) in [7, 11) is 0. The van der Waals surface area contributed by atoms with Gasteiger partial charge in [0.1, 0.15) is 0 Å². The van der Waals surface area contributed by atoms with E-state index in [1.54, 1.807) is 0 Å². The Balaban J connectivity index is 3.38. The zero-order valence-electron chi connectivity index (χ0n) is 14.9. The standard InChI is InChI=1S/C20H42/c1-4-7-10-11-12-13-14-15-16-19-20(17-8-5-2)18-9-6-3/h20H,4-19H2,1-3H3. The molecule has 0 saturated heterocycles. The van der Waals surface area contributed by atoms with Crippen LogP contribution in [0.3, 0.4) is 0 Å². The van der Waals surface area contributed by atoms with Gasteiger partial charge in [0.15, 0.2) is 0 Å². The average Bonchev–Trinajstić information content (AvgIpc) is 2.47. The van der Waals surface area contributed by atoms with Crippen molar-refractivity contribution >= 4 is 0 Å². The summed E-state index contributed by atoms with van der Waals surface area (Å²) < 4.78 is 0. The van der Waals surface area contributed by atoms with E-state index < -0.39 is 0 Å². The molecule has 0 rings (SSSR count). The highest BCUT2D eigenvalue weighted by Gasteiger charge is 2.07. The Kier molecular flexibility index (Phi) is 17.1. The molecule has 0 aliphatic carbocycles. The van der Waals surface area contributed by atoms with Crippen molar-refractivity contribution < 1.29 is 0 Å². The summed E-state index contributed by atoms with van der Waals surface area (Å²) in [6.07, 6.45) is 23.3. The van der Waals surface area contributed by atoms with E-state index in [9.17, 15) is 0 Å². The first-order valence-corrected chi connectivity index (χ1v) is 9.85. The van der Waals surface area contributed by atoms with Crippen LogP contribution in [0.5, 0.6) is 0 Å². The highest BCUT2D eigenvalue weighted by molar-refractivity contribution is 4.60. The summed E-state index contributed by atoms with van der Waals surface area (Å²) >= 11 is 0. The number of hydrogen-bond acceptors (Lipinski definition) is 0. The van der Waals surface area contributed by atoms with E-state index in [0.29, 0.717) is 0 Å². The van der Waals surface area contributed by atoms with Gasteiger partial charge in [-0.15, -0.1) is 0 Å². The Morgan fingerprint density at radius 1 is 0.400 bits per heavy atom. The predicted molar refractivity (Wildman–Crippen MR) is 94.4 cm³/mol. The smallest absolute Gasteiger partial charge is 0.0414 e. The van der Waals surface area contributed by atoms with E-state index in [4.69, 9.17) is 0 Å². The molecule has 0 spiro atoms. The average molecular weight is 283 g/mol. The van der Waals surface area contributed by atoms with Crippen LogP contribution < -0.4 is 0 Å². The molecule has 0 radical (unpaired) electrons. The second-order valence-corrected chi connectivity index (χ2v) is 6.77. The molecule has 122 valence electrons. The van der Waals surface area contributed by atoms with E-state index in [-0.39, 0.29) is 0 Å². The third-order valence-corrected chi connectivity index (χ3v) is 4.65. The van der Waals surface area contributed by atoms with Crippen molar-refractivity contribution in [1.82, 2.24) is 0 Å². The summed E-state index contributed by atoms with van der Waals surface area (Å²) in [5.74, 6) is 1.04. The van der Waals surface area contributed by atoms with Crippen molar-refractivity contribution in [2.45, 2.75) is 124 Å². The second kappa shape index (κ2) is 17.1. The van der Waals surface area contributed by atoms with E-state index in [2.05, 4.69) is 20.8 Å². The highest BCUT2D eigenvalue weighted by atomic mass is 14.1. The van der Waals surface area contributed by atoms with Gasteiger partial charge in [-0.25, -0.2) is 0 Å². The van der Waals surface area contributed by atoms with Gasteiger partial charge in [-0.1, -0.05) is 124 Å². The molecule has 0 fully saturated rings. The van der Waals surface area contributed by atoms with Gasteiger partial charge in [0.25, 0.3) is 0 Å². The van der Waals surface area contributed by atoms with Crippen molar-refractivity contribution in [3.63, 3.8) is 0 Å². The van der Waals surface area contributed by atoms with Crippen LogP contribution in [-0.2, 0) is 0 Å². The molecule has 0 unspecified atom stereocenters. The molecule has 0 bridgehead atoms. The third-order valence-electron chi connectivity index (χ3n) is 4.65. The fourth-order valence-electron chi connectivity index (χ4n) is 3.16. The Bertz CT molecular complexity index is 153. The molecule has 0 N–H and O–H groups in total. The monoisotopic (exact) mass is 282 g/mol. The maximum Gasteiger partial charge on any atom is -0.0414 e. The Morgan fingerprint density at radius 3 is 1.20 bits per heavy atom. The fourth-order valence-corrected chi connectivity index (χ4v) is 3.16. The first kappa shape index (κ1) is 20.0. The molecular formula is C20H42. The lowest BCUT2D eigenvalue weighted by atomic mass is 9.90. The number of hydrogen-bond donors (Lipinski definition) is 0. The molecule has 0 heteroatoms. The van der Waals surface area contributed by atoms with Gasteiger partial charge in [0.2, 0.25) is 0 Å². The topological polar surface area (TPSA) is 0 Å². The zero-order chi connectivity index (χ0) is 14.9. The highest BCUT2D eigenvalue weighted by Crippen LogP contribution is 2.23. The maximum absolute atomic E-state index is 2.33. The Morgan fingerprint density at radius 2 is 0.750 bits per heavy atom. The summed E-state index contributed by atoms with van der Waals surface area (Å²) in [5, 5.41) is 0. The maximum atomic E-state index is 2.33. The summed E-state index contributed by atoms with van der Waals surface area (Å²) in [6.45, 7) is 6.96. The summed E-state index contributed by atoms with van der Waals surface area (Å²) in [6, 6.07) is 0. The summed E-state index contributed by atoms with van der Waals surface area (Å²) in [4.78, 5) is 0. The molecule has 0 aliphatic rings. The van der Waals surface area contributed by atoms with Crippen molar-refractivity contribution in [1.29, 1.82) is 0 Å². The third kappa shape index (κ3) is 14.4. The van der Waals surface area contributed by atoms with E-state index in [1.165, 1.54) is 103 Å². The Hall–Kier alpha value is 0. The van der Waals surface area contributed by atoms with Crippen molar-refractivity contribution in [2.24, 2.45) is 5.92 Å². The quantitative estimate of drug-likeness (QED) is 0.252. The molecule has 0 saturated carbocycles. The number of unbranched alkanes of at least 4 members (excludes halogenated alkanes) is 10. The van der Waals surface area contributed by atoms with Crippen LogP contribution in [0.1, 0.15) is 124 Å². The normalized spacial score (nSPS) is 11.4. The first-order valence-electron chi connectivity index (χ1n) is 9.85. The zero-order valence-corrected chi connectivity index (χ0v) is 14.9. The van der Waals surface area contributed by atoms with Crippen LogP contribution in [-0.4, -0.2) is 0 Å². The minimum absolute atomic E-state index is 1.04. The van der Waals surface area contributed by atoms with Crippen LogP contribution in [0.4, 0.5) is 0 Å². The van der Waals surface area contributed by atoms with Crippen molar-refractivity contribution in [3.05, 3.63) is 0 Å². The molecule has 0 aromatic rings.